The van der Waals surface area contributed by atoms with Crippen molar-refractivity contribution in [3.63, 3.8) is 0 Å². The van der Waals surface area contributed by atoms with Crippen LogP contribution in [0.3, 0.4) is 0 Å². The Labute approximate surface area is 358 Å². The van der Waals surface area contributed by atoms with Gasteiger partial charge in [-0.2, -0.15) is 5.26 Å². The molecule has 312 valence electrons. The van der Waals surface area contributed by atoms with Gasteiger partial charge in [0.2, 0.25) is 11.8 Å². The molecular weight excluding hydrogens is 772 g/mol. The Morgan fingerprint density at radius 3 is 2.22 bits per heavy atom. The third kappa shape index (κ3) is 7.47. The molecule has 6 fully saturated rings. The van der Waals surface area contributed by atoms with Crippen LogP contribution in [0.4, 0.5) is 17.1 Å². The molecule has 0 aromatic heterocycles. The maximum atomic E-state index is 13.4. The molecule has 2 spiro atoms. The number of nitrogens with one attached hydrogen (secondary N) is 1. The van der Waals surface area contributed by atoms with Crippen LogP contribution in [0.15, 0.2) is 67.2 Å². The molecule has 5 saturated heterocycles. The number of carbonyl (C=O) groups is 3. The number of ketones is 1. The second-order valence-electron chi connectivity index (χ2n) is 19.0. The van der Waals surface area contributed by atoms with Crippen LogP contribution in [-0.4, -0.2) is 86.0 Å². The summed E-state index contributed by atoms with van der Waals surface area (Å²) in [7, 11) is 0. The number of nitrogens with zero attached hydrogens (tertiary/aromatic N) is 5. The molecule has 0 bridgehead atoms. The Balaban J connectivity index is 0.665. The number of nitriles is 1. The first-order valence-electron chi connectivity index (χ1n) is 22.3. The van der Waals surface area contributed by atoms with E-state index >= 15 is 0 Å². The Morgan fingerprint density at radius 1 is 0.817 bits per heavy atom. The number of allylic oxidation sites excluding steroid dienone is 1. The molecule has 2 atom stereocenters. The van der Waals surface area contributed by atoms with E-state index in [0.29, 0.717) is 47.7 Å². The smallest absolute Gasteiger partial charge is 0.229 e. The van der Waals surface area contributed by atoms with Crippen LogP contribution in [0, 0.1) is 28.6 Å². The minimum absolute atomic E-state index is 0.0258. The van der Waals surface area contributed by atoms with E-state index in [1.54, 1.807) is 0 Å². The number of anilines is 3. The summed E-state index contributed by atoms with van der Waals surface area (Å²) in [6.45, 7) is 11.4. The summed E-state index contributed by atoms with van der Waals surface area (Å²) in [6, 6.07) is 23.7. The van der Waals surface area contributed by atoms with E-state index in [1.807, 2.05) is 12.1 Å². The summed E-state index contributed by atoms with van der Waals surface area (Å²) in [5, 5.41) is 12.4. The normalized spacial score (nSPS) is 25.3. The van der Waals surface area contributed by atoms with Crippen molar-refractivity contribution in [1.82, 2.24) is 10.2 Å². The number of imide groups is 1. The van der Waals surface area contributed by atoms with E-state index in [1.165, 1.54) is 37.8 Å². The van der Waals surface area contributed by atoms with Crippen LogP contribution in [0.1, 0.15) is 98.5 Å². The summed E-state index contributed by atoms with van der Waals surface area (Å²) in [5.74, 6) is 0.573. The first-order valence-corrected chi connectivity index (χ1v) is 22.6. The maximum Gasteiger partial charge on any atom is 0.229 e. The molecular formula is C49H55ClN6O4. The summed E-state index contributed by atoms with van der Waals surface area (Å²) >= 11 is 6.46. The minimum atomic E-state index is -0.194. The quantitative estimate of drug-likeness (QED) is 0.215. The number of carbonyl (C=O) groups excluding carboxylic acids is 3. The highest BCUT2D eigenvalue weighted by Gasteiger charge is 2.60. The molecule has 1 N–H and O–H groups in total. The van der Waals surface area contributed by atoms with E-state index < -0.39 is 0 Å². The van der Waals surface area contributed by atoms with Crippen LogP contribution in [-0.2, 0) is 9.59 Å². The monoisotopic (exact) mass is 826 g/mol. The van der Waals surface area contributed by atoms with Crippen molar-refractivity contribution in [1.29, 1.82) is 5.26 Å². The van der Waals surface area contributed by atoms with Crippen molar-refractivity contribution in [2.45, 2.75) is 94.7 Å². The summed E-state index contributed by atoms with van der Waals surface area (Å²) < 4.78 is 6.45. The lowest BCUT2D eigenvalue weighted by molar-refractivity contribution is -0.136. The predicted octanol–water partition coefficient (Wildman–Crippen LogP) is 8.02. The second kappa shape index (κ2) is 15.6. The molecule has 60 heavy (non-hydrogen) atoms. The minimum Gasteiger partial charge on any atom is -0.488 e. The Kier molecular flexibility index (Phi) is 10.2. The second-order valence-corrected chi connectivity index (χ2v) is 19.4. The Bertz CT molecular complexity index is 2240. The van der Waals surface area contributed by atoms with Gasteiger partial charge in [0.1, 0.15) is 17.9 Å². The number of hydrogen-bond donors (Lipinski definition) is 1. The van der Waals surface area contributed by atoms with Gasteiger partial charge in [-0.3, -0.25) is 24.6 Å². The maximum absolute atomic E-state index is 13.4. The van der Waals surface area contributed by atoms with Crippen molar-refractivity contribution in [3.05, 3.63) is 89.0 Å². The van der Waals surface area contributed by atoms with Crippen LogP contribution in [0.5, 0.6) is 5.75 Å². The molecule has 5 aliphatic heterocycles. The van der Waals surface area contributed by atoms with E-state index in [-0.39, 0.29) is 41.1 Å². The van der Waals surface area contributed by atoms with E-state index in [2.05, 4.69) is 86.1 Å². The topological polar surface area (TPSA) is 109 Å². The van der Waals surface area contributed by atoms with Crippen molar-refractivity contribution >= 4 is 51.8 Å². The molecule has 10 rings (SSSR count). The number of halogens is 1. The fourth-order valence-corrected chi connectivity index (χ4v) is 11.7. The van der Waals surface area contributed by atoms with Gasteiger partial charge >= 0.3 is 0 Å². The Morgan fingerprint density at radius 2 is 1.52 bits per heavy atom. The number of amides is 2. The summed E-state index contributed by atoms with van der Waals surface area (Å²) in [4.78, 5) is 47.3. The van der Waals surface area contributed by atoms with Crippen molar-refractivity contribution in [2.24, 2.45) is 17.3 Å². The van der Waals surface area contributed by atoms with Crippen LogP contribution >= 0.6 is 11.6 Å². The zero-order valence-electron chi connectivity index (χ0n) is 34.5. The standard InChI is InChI=1S/C49H55ClN6O4/c1-32-34(3-2-33-5-13-46(58)52-47(33)59)24-45(57)43-25-38(9-12-42(32)43)53-20-14-37(15-21-53)55-28-41(29-55)60-40-10-7-36(8-11-40)54-22-18-48(19-23-54)30-49(16-17-49)56(31-48)39-6-4-35(27-51)44(50)26-39/h4,6-12,25-26,33-34,37,41H,1-3,5,13-24,28-31H2,(H,52,58,59). The van der Waals surface area contributed by atoms with Crippen LogP contribution < -0.4 is 24.8 Å². The first-order chi connectivity index (χ1) is 29.1. The van der Waals surface area contributed by atoms with Gasteiger partial charge in [0.15, 0.2) is 5.78 Å². The Hall–Kier alpha value is -4.85. The first kappa shape index (κ1) is 39.3. The summed E-state index contributed by atoms with van der Waals surface area (Å²) in [5.41, 5.74) is 7.38. The average molecular weight is 827 g/mol. The zero-order valence-corrected chi connectivity index (χ0v) is 35.2. The summed E-state index contributed by atoms with van der Waals surface area (Å²) in [6.07, 6.45) is 11.3. The fraction of sp³-hybridized carbons (Fsp3) is 0.510. The molecule has 1 saturated carbocycles. The van der Waals surface area contributed by atoms with E-state index in [4.69, 9.17) is 16.3 Å². The van der Waals surface area contributed by atoms with Gasteiger partial charge in [-0.15, -0.1) is 0 Å². The predicted molar refractivity (Wildman–Crippen MR) is 235 cm³/mol. The van der Waals surface area contributed by atoms with E-state index in [0.717, 1.165) is 98.9 Å². The largest absolute Gasteiger partial charge is 0.488 e. The number of Topliss-reactive ketones (excluding diaryl/α,β-unsaturated/α-hetero) is 1. The van der Waals surface area contributed by atoms with Crippen molar-refractivity contribution in [3.8, 4) is 11.8 Å². The molecule has 5 heterocycles. The van der Waals surface area contributed by atoms with Gasteiger partial charge in [0.25, 0.3) is 0 Å². The highest BCUT2D eigenvalue weighted by atomic mass is 35.5. The highest BCUT2D eigenvalue weighted by Crippen LogP contribution is 2.60. The van der Waals surface area contributed by atoms with Gasteiger partial charge in [-0.05, 0) is 141 Å². The van der Waals surface area contributed by atoms with Gasteiger partial charge < -0.3 is 19.4 Å². The number of likely N-dealkylation sites (tertiary alicyclic amines) is 1. The number of benzene rings is 3. The van der Waals surface area contributed by atoms with Crippen molar-refractivity contribution in [2.75, 3.05) is 60.5 Å². The lowest BCUT2D eigenvalue weighted by Crippen LogP contribution is -2.59. The number of piperidine rings is 3. The number of ether oxygens (including phenoxy) is 1. The zero-order chi connectivity index (χ0) is 41.2. The molecule has 7 aliphatic rings. The molecule has 3 aromatic carbocycles. The van der Waals surface area contributed by atoms with Gasteiger partial charge in [-0.25, -0.2) is 0 Å². The molecule has 3 aromatic rings. The SMILES string of the molecule is C=C1c2ccc(N3CCC(N4CC(Oc5ccc(N6CCC7(CC6)CN(c6ccc(C#N)c(Cl)c6)C6(CC6)C7)cc5)C4)CC3)cc2C(=O)CC1CCC1CCC(=O)NC1=O. The van der Waals surface area contributed by atoms with Crippen molar-refractivity contribution < 1.29 is 19.1 Å². The molecule has 2 amide bonds. The number of hydrogen-bond acceptors (Lipinski definition) is 9. The molecule has 10 nitrogen and oxygen atoms in total. The lowest BCUT2D eigenvalue weighted by atomic mass is 9.76. The average Bonchev–Trinajstić information content (AvgIpc) is 3.95. The van der Waals surface area contributed by atoms with E-state index in [9.17, 15) is 19.6 Å². The molecule has 0 radical (unpaired) electrons. The van der Waals surface area contributed by atoms with Crippen LogP contribution in [0.25, 0.3) is 5.57 Å². The molecule has 2 unspecified atom stereocenters. The highest BCUT2D eigenvalue weighted by molar-refractivity contribution is 6.32. The fourth-order valence-electron chi connectivity index (χ4n) is 11.5. The van der Waals surface area contributed by atoms with Gasteiger partial charge in [0.05, 0.1) is 10.6 Å². The van der Waals surface area contributed by atoms with Gasteiger partial charge in [0, 0.05) is 98.8 Å². The van der Waals surface area contributed by atoms with Gasteiger partial charge in [-0.1, -0.05) is 24.2 Å². The van der Waals surface area contributed by atoms with Crippen LogP contribution in [0.2, 0.25) is 5.02 Å². The number of fused-ring (bicyclic) bond motifs is 1. The molecule has 11 heteroatoms. The number of rotatable bonds is 9. The third-order valence-electron chi connectivity index (χ3n) is 15.3. The molecule has 2 aliphatic carbocycles. The lowest BCUT2D eigenvalue weighted by Gasteiger charge is -2.47. The third-order valence-corrected chi connectivity index (χ3v) is 15.6.